The van der Waals surface area contributed by atoms with E-state index in [1.165, 1.54) is 0 Å². The van der Waals surface area contributed by atoms with Crippen LogP contribution in [-0.2, 0) is 16.1 Å². The number of halogens is 1. The lowest BCUT2D eigenvalue weighted by Gasteiger charge is -2.23. The number of carbonyl (C=O) groups excluding carboxylic acids is 1. The van der Waals surface area contributed by atoms with Gasteiger partial charge in [0.2, 0.25) is 11.9 Å². The summed E-state index contributed by atoms with van der Waals surface area (Å²) < 4.78 is 5.42. The molecule has 2 aliphatic heterocycles. The Morgan fingerprint density at radius 3 is 2.81 bits per heavy atom. The SMILES string of the molecule is Cc1ccccc1[C@@H](C)NC(=O)CN1Cc2ccc(-c3nc(NC4CCOCC4)ncc3Cl)cc2C1O. The van der Waals surface area contributed by atoms with Gasteiger partial charge in [-0.3, -0.25) is 9.69 Å². The monoisotopic (exact) mass is 521 g/mol. The third-order valence-electron chi connectivity index (χ3n) is 7.09. The van der Waals surface area contributed by atoms with Crippen molar-refractivity contribution in [2.75, 3.05) is 25.1 Å². The normalized spacial score (nSPS) is 18.9. The fourth-order valence-corrected chi connectivity index (χ4v) is 5.26. The molecule has 2 aliphatic rings. The Kier molecular flexibility index (Phi) is 7.71. The summed E-state index contributed by atoms with van der Waals surface area (Å²) in [6.07, 6.45) is 2.51. The summed E-state index contributed by atoms with van der Waals surface area (Å²) in [7, 11) is 0. The number of hydrogen-bond acceptors (Lipinski definition) is 7. The Morgan fingerprint density at radius 1 is 1.24 bits per heavy atom. The Bertz CT molecular complexity index is 1280. The van der Waals surface area contributed by atoms with E-state index in [0.717, 1.165) is 53.9 Å². The maximum Gasteiger partial charge on any atom is 0.234 e. The van der Waals surface area contributed by atoms with E-state index in [1.807, 2.05) is 56.3 Å². The van der Waals surface area contributed by atoms with Gasteiger partial charge in [0.15, 0.2) is 0 Å². The highest BCUT2D eigenvalue weighted by atomic mass is 35.5. The summed E-state index contributed by atoms with van der Waals surface area (Å²) in [6, 6.07) is 14.0. The van der Waals surface area contributed by atoms with Crippen molar-refractivity contribution in [3.8, 4) is 11.3 Å². The van der Waals surface area contributed by atoms with E-state index < -0.39 is 6.23 Å². The number of fused-ring (bicyclic) bond motifs is 1. The Hall–Kier alpha value is -3.04. The number of ether oxygens (including phenoxy) is 1. The smallest absolute Gasteiger partial charge is 0.234 e. The quantitative estimate of drug-likeness (QED) is 0.424. The number of rotatable bonds is 7. The summed E-state index contributed by atoms with van der Waals surface area (Å²) in [5.41, 5.74) is 5.33. The number of aromatic nitrogens is 2. The van der Waals surface area contributed by atoms with Crippen molar-refractivity contribution in [1.29, 1.82) is 0 Å². The summed E-state index contributed by atoms with van der Waals surface area (Å²) in [4.78, 5) is 23.6. The van der Waals surface area contributed by atoms with Gasteiger partial charge in [0.1, 0.15) is 6.23 Å². The highest BCUT2D eigenvalue weighted by Crippen LogP contribution is 2.36. The van der Waals surface area contributed by atoms with Gasteiger partial charge in [-0.25, -0.2) is 9.97 Å². The van der Waals surface area contributed by atoms with Crippen LogP contribution in [0, 0.1) is 6.92 Å². The number of carbonyl (C=O) groups is 1. The number of benzene rings is 2. The van der Waals surface area contributed by atoms with Crippen LogP contribution in [0.3, 0.4) is 0 Å². The molecular formula is C28H32ClN5O3. The molecular weight excluding hydrogens is 490 g/mol. The second-order valence-corrected chi connectivity index (χ2v) is 10.2. The average Bonchev–Trinajstić information content (AvgIpc) is 3.20. The lowest BCUT2D eigenvalue weighted by Crippen LogP contribution is -2.37. The summed E-state index contributed by atoms with van der Waals surface area (Å²) in [6.45, 7) is 6.02. The second kappa shape index (κ2) is 11.1. The van der Waals surface area contributed by atoms with Crippen LogP contribution in [0.4, 0.5) is 5.95 Å². The van der Waals surface area contributed by atoms with E-state index in [-0.39, 0.29) is 24.5 Å². The van der Waals surface area contributed by atoms with Gasteiger partial charge in [0, 0.05) is 36.9 Å². The van der Waals surface area contributed by atoms with Crippen molar-refractivity contribution in [3.63, 3.8) is 0 Å². The van der Waals surface area contributed by atoms with Crippen molar-refractivity contribution in [2.45, 2.75) is 51.5 Å². The lowest BCUT2D eigenvalue weighted by atomic mass is 10.0. The fraction of sp³-hybridized carbons (Fsp3) is 0.393. The first-order valence-corrected chi connectivity index (χ1v) is 13.0. The van der Waals surface area contributed by atoms with Gasteiger partial charge in [-0.15, -0.1) is 0 Å². The molecule has 37 heavy (non-hydrogen) atoms. The molecule has 8 nitrogen and oxygen atoms in total. The summed E-state index contributed by atoms with van der Waals surface area (Å²) in [5, 5.41) is 17.9. The Balaban J connectivity index is 1.27. The van der Waals surface area contributed by atoms with E-state index >= 15 is 0 Å². The van der Waals surface area contributed by atoms with Crippen LogP contribution in [0.25, 0.3) is 11.3 Å². The molecule has 1 amide bonds. The zero-order valence-corrected chi connectivity index (χ0v) is 21.8. The molecule has 3 heterocycles. The summed E-state index contributed by atoms with van der Waals surface area (Å²) >= 11 is 6.47. The molecule has 2 atom stereocenters. The molecule has 1 unspecified atom stereocenters. The molecule has 0 saturated carbocycles. The van der Waals surface area contributed by atoms with Gasteiger partial charge in [-0.1, -0.05) is 48.0 Å². The van der Waals surface area contributed by atoms with Crippen LogP contribution in [0.5, 0.6) is 0 Å². The maximum absolute atomic E-state index is 12.8. The Morgan fingerprint density at radius 2 is 2.03 bits per heavy atom. The van der Waals surface area contributed by atoms with Crippen LogP contribution in [0.1, 0.15) is 54.3 Å². The largest absolute Gasteiger partial charge is 0.381 e. The molecule has 0 radical (unpaired) electrons. The van der Waals surface area contributed by atoms with Gasteiger partial charge in [0.25, 0.3) is 0 Å². The van der Waals surface area contributed by atoms with Gasteiger partial charge in [0.05, 0.1) is 29.5 Å². The number of hydrogen-bond donors (Lipinski definition) is 3. The van der Waals surface area contributed by atoms with Crippen LogP contribution in [-0.4, -0.2) is 51.7 Å². The van der Waals surface area contributed by atoms with E-state index in [9.17, 15) is 9.90 Å². The number of aryl methyl sites for hydroxylation is 1. The van der Waals surface area contributed by atoms with Crippen molar-refractivity contribution >= 4 is 23.5 Å². The molecule has 0 bridgehead atoms. The highest BCUT2D eigenvalue weighted by molar-refractivity contribution is 6.32. The Labute approximate surface area is 222 Å². The molecule has 5 rings (SSSR count). The molecule has 3 N–H and O–H groups in total. The fourth-order valence-electron chi connectivity index (χ4n) is 5.06. The number of aliphatic hydroxyl groups is 1. The molecule has 0 spiro atoms. The van der Waals surface area contributed by atoms with E-state index in [0.29, 0.717) is 23.2 Å². The molecule has 1 aromatic heterocycles. The topological polar surface area (TPSA) is 99.6 Å². The van der Waals surface area contributed by atoms with Crippen molar-refractivity contribution in [3.05, 3.63) is 75.9 Å². The molecule has 0 aliphatic carbocycles. The van der Waals surface area contributed by atoms with Crippen molar-refractivity contribution in [1.82, 2.24) is 20.2 Å². The molecule has 1 fully saturated rings. The first kappa shape index (κ1) is 25.6. The van der Waals surface area contributed by atoms with Crippen molar-refractivity contribution < 1.29 is 14.6 Å². The number of nitrogens with one attached hydrogen (secondary N) is 2. The van der Waals surface area contributed by atoms with Gasteiger partial charge < -0.3 is 20.5 Å². The molecule has 194 valence electrons. The summed E-state index contributed by atoms with van der Waals surface area (Å²) in [5.74, 6) is 0.388. The number of aliphatic hydroxyl groups excluding tert-OH is 1. The number of anilines is 1. The lowest BCUT2D eigenvalue weighted by molar-refractivity contribution is -0.125. The number of nitrogens with zero attached hydrogens (tertiary/aromatic N) is 3. The molecule has 9 heteroatoms. The zero-order chi connectivity index (χ0) is 25.9. The van der Waals surface area contributed by atoms with Gasteiger partial charge in [-0.2, -0.15) is 0 Å². The molecule has 1 saturated heterocycles. The second-order valence-electron chi connectivity index (χ2n) is 9.76. The molecule has 3 aromatic rings. The number of amides is 1. The van der Waals surface area contributed by atoms with Crippen LogP contribution in [0.15, 0.2) is 48.7 Å². The van der Waals surface area contributed by atoms with Gasteiger partial charge >= 0.3 is 0 Å². The predicted octanol–water partition coefficient (Wildman–Crippen LogP) is 4.38. The highest BCUT2D eigenvalue weighted by Gasteiger charge is 2.31. The van der Waals surface area contributed by atoms with Crippen LogP contribution < -0.4 is 10.6 Å². The van der Waals surface area contributed by atoms with E-state index in [4.69, 9.17) is 16.3 Å². The van der Waals surface area contributed by atoms with Crippen molar-refractivity contribution in [2.24, 2.45) is 0 Å². The van der Waals surface area contributed by atoms with E-state index in [2.05, 4.69) is 20.6 Å². The molecule has 2 aromatic carbocycles. The first-order valence-electron chi connectivity index (χ1n) is 12.7. The third-order valence-corrected chi connectivity index (χ3v) is 7.37. The minimum Gasteiger partial charge on any atom is -0.381 e. The standard InChI is InChI=1S/C28H32ClN5O3/c1-17-5-3-4-6-22(17)18(2)31-25(35)16-34-15-20-8-7-19(13-23(20)27(34)36)26-24(29)14-30-28(33-26)32-21-9-11-37-12-10-21/h3-8,13-14,18,21,27,36H,9-12,15-16H2,1-2H3,(H,31,35)(H,30,32,33)/t18-,27?/m1/s1. The third kappa shape index (κ3) is 5.78. The predicted molar refractivity (Wildman–Crippen MR) is 143 cm³/mol. The zero-order valence-electron chi connectivity index (χ0n) is 21.1. The first-order chi connectivity index (χ1) is 17.9. The minimum absolute atomic E-state index is 0.0921. The van der Waals surface area contributed by atoms with Gasteiger partial charge in [-0.05, 0) is 49.4 Å². The maximum atomic E-state index is 12.8. The average molecular weight is 522 g/mol. The minimum atomic E-state index is -0.894. The van der Waals surface area contributed by atoms with E-state index in [1.54, 1.807) is 11.1 Å². The van der Waals surface area contributed by atoms with Crippen LogP contribution >= 0.6 is 11.6 Å². The van der Waals surface area contributed by atoms with Crippen LogP contribution in [0.2, 0.25) is 5.02 Å².